The molecular formula is C7H12N6. The second kappa shape index (κ2) is 2.46. The summed E-state index contributed by atoms with van der Waals surface area (Å²) in [4.78, 5) is 0. The summed E-state index contributed by atoms with van der Waals surface area (Å²) >= 11 is 0. The van der Waals surface area contributed by atoms with E-state index in [1.54, 1.807) is 0 Å². The second-order valence-electron chi connectivity index (χ2n) is 3.17. The fraction of sp³-hybridized carbons (Fsp3) is 0.429. The van der Waals surface area contributed by atoms with Crippen LogP contribution in [-0.4, -0.2) is 24.8 Å². The summed E-state index contributed by atoms with van der Waals surface area (Å²) < 4.78 is 0. The molecule has 0 bridgehead atoms. The van der Waals surface area contributed by atoms with Gasteiger partial charge < -0.3 is 16.1 Å². The van der Waals surface area contributed by atoms with Crippen molar-refractivity contribution in [2.75, 3.05) is 19.8 Å². The Morgan fingerprint density at radius 1 is 1.23 bits per heavy atom. The van der Waals surface area contributed by atoms with Crippen LogP contribution < -0.4 is 26.9 Å². The Hall–Kier alpha value is -1.56. The van der Waals surface area contributed by atoms with Gasteiger partial charge in [0.2, 0.25) is 0 Å². The van der Waals surface area contributed by atoms with E-state index in [1.807, 2.05) is 5.01 Å². The number of allylic oxidation sites excluding steroid dienone is 1. The average Bonchev–Trinajstić information content (AvgIpc) is 2.61. The first-order valence-corrected chi connectivity index (χ1v) is 4.40. The van der Waals surface area contributed by atoms with Crippen LogP contribution in [0.2, 0.25) is 0 Å². The van der Waals surface area contributed by atoms with Gasteiger partial charge in [0.25, 0.3) is 0 Å². The van der Waals surface area contributed by atoms with Crippen LogP contribution in [0.3, 0.4) is 0 Å². The Balaban J connectivity index is 1.93. The van der Waals surface area contributed by atoms with Crippen LogP contribution in [0.1, 0.15) is 0 Å². The zero-order valence-electron chi connectivity index (χ0n) is 7.15. The predicted molar refractivity (Wildman–Crippen MR) is 47.2 cm³/mol. The van der Waals surface area contributed by atoms with Crippen molar-refractivity contribution in [3.05, 3.63) is 23.4 Å². The highest BCUT2D eigenvalue weighted by Crippen LogP contribution is 2.14. The predicted octanol–water partition coefficient (Wildman–Crippen LogP) is -1.92. The Morgan fingerprint density at radius 2 is 2.15 bits per heavy atom. The fourth-order valence-corrected chi connectivity index (χ4v) is 1.64. The minimum absolute atomic E-state index is 0.768. The Morgan fingerprint density at radius 3 is 3.15 bits per heavy atom. The SMILES string of the molecule is C1=C2NNCN2NC2=C1NCCN2. The second-order valence-corrected chi connectivity index (χ2v) is 3.17. The lowest BCUT2D eigenvalue weighted by Gasteiger charge is -2.31. The maximum Gasteiger partial charge on any atom is 0.142 e. The Labute approximate surface area is 76.0 Å². The quantitative estimate of drug-likeness (QED) is 0.299. The van der Waals surface area contributed by atoms with Gasteiger partial charge in [-0.05, 0) is 0 Å². The van der Waals surface area contributed by atoms with Crippen LogP contribution in [0, 0.1) is 0 Å². The van der Waals surface area contributed by atoms with Crippen molar-refractivity contribution >= 4 is 0 Å². The van der Waals surface area contributed by atoms with Crippen molar-refractivity contribution in [3.8, 4) is 0 Å². The molecular weight excluding hydrogens is 168 g/mol. The van der Waals surface area contributed by atoms with Gasteiger partial charge in [-0.2, -0.15) is 0 Å². The van der Waals surface area contributed by atoms with Gasteiger partial charge in [-0.15, -0.1) is 0 Å². The van der Waals surface area contributed by atoms with Crippen molar-refractivity contribution in [1.29, 1.82) is 0 Å². The molecule has 0 aromatic rings. The van der Waals surface area contributed by atoms with Gasteiger partial charge in [0.05, 0.1) is 5.70 Å². The molecule has 0 aromatic heterocycles. The van der Waals surface area contributed by atoms with Crippen LogP contribution in [0.25, 0.3) is 0 Å². The third-order valence-electron chi connectivity index (χ3n) is 2.28. The molecule has 0 aliphatic carbocycles. The van der Waals surface area contributed by atoms with Gasteiger partial charge >= 0.3 is 0 Å². The molecule has 3 rings (SSSR count). The lowest BCUT2D eigenvalue weighted by Crippen LogP contribution is -2.49. The molecule has 0 radical (unpaired) electrons. The van der Waals surface area contributed by atoms with E-state index in [9.17, 15) is 0 Å². The third kappa shape index (κ3) is 0.988. The zero-order chi connectivity index (χ0) is 8.67. The van der Waals surface area contributed by atoms with Crippen molar-refractivity contribution in [2.45, 2.75) is 0 Å². The molecule has 0 amide bonds. The lowest BCUT2D eigenvalue weighted by molar-refractivity contribution is 0.282. The summed E-state index contributed by atoms with van der Waals surface area (Å²) in [6.45, 7) is 2.70. The van der Waals surface area contributed by atoms with Gasteiger partial charge in [-0.3, -0.25) is 10.4 Å². The van der Waals surface area contributed by atoms with Crippen molar-refractivity contribution < 1.29 is 0 Å². The van der Waals surface area contributed by atoms with Crippen LogP contribution in [-0.2, 0) is 0 Å². The molecule has 0 atom stereocenters. The topological polar surface area (TPSA) is 63.4 Å². The highest BCUT2D eigenvalue weighted by Gasteiger charge is 2.24. The maximum atomic E-state index is 3.32. The minimum Gasteiger partial charge on any atom is -0.380 e. The highest BCUT2D eigenvalue weighted by atomic mass is 15.7. The first-order valence-electron chi connectivity index (χ1n) is 4.40. The number of hydrogen-bond donors (Lipinski definition) is 5. The van der Waals surface area contributed by atoms with Gasteiger partial charge in [-0.25, -0.2) is 5.43 Å². The molecule has 6 heteroatoms. The lowest BCUT2D eigenvalue weighted by atomic mass is 10.3. The van der Waals surface area contributed by atoms with Crippen LogP contribution in [0.5, 0.6) is 0 Å². The molecule has 0 aromatic carbocycles. The summed E-state index contributed by atoms with van der Waals surface area (Å²) in [5.74, 6) is 2.11. The van der Waals surface area contributed by atoms with Crippen molar-refractivity contribution in [1.82, 2.24) is 31.9 Å². The van der Waals surface area contributed by atoms with E-state index in [0.717, 1.165) is 37.1 Å². The van der Waals surface area contributed by atoms with E-state index in [4.69, 9.17) is 0 Å². The van der Waals surface area contributed by atoms with Crippen molar-refractivity contribution in [3.63, 3.8) is 0 Å². The van der Waals surface area contributed by atoms with E-state index in [0.29, 0.717) is 0 Å². The number of rotatable bonds is 0. The van der Waals surface area contributed by atoms with E-state index in [2.05, 4.69) is 33.0 Å². The number of hydrogen-bond acceptors (Lipinski definition) is 6. The molecule has 13 heavy (non-hydrogen) atoms. The Bertz CT molecular complexity index is 293. The summed E-state index contributed by atoms with van der Waals surface area (Å²) in [5.41, 5.74) is 10.5. The average molecular weight is 180 g/mol. The Kier molecular flexibility index (Phi) is 1.31. The van der Waals surface area contributed by atoms with Crippen LogP contribution in [0.4, 0.5) is 0 Å². The molecule has 3 heterocycles. The van der Waals surface area contributed by atoms with Gasteiger partial charge in [0.1, 0.15) is 18.3 Å². The molecule has 5 N–H and O–H groups in total. The molecule has 1 saturated heterocycles. The monoisotopic (exact) mass is 180 g/mol. The van der Waals surface area contributed by atoms with Gasteiger partial charge in [-0.1, -0.05) is 0 Å². The highest BCUT2D eigenvalue weighted by molar-refractivity contribution is 5.30. The summed E-state index contributed by atoms with van der Waals surface area (Å²) in [7, 11) is 0. The van der Waals surface area contributed by atoms with E-state index < -0.39 is 0 Å². The molecule has 3 aliphatic rings. The van der Waals surface area contributed by atoms with Crippen LogP contribution >= 0.6 is 0 Å². The molecule has 0 unspecified atom stereocenters. The molecule has 3 aliphatic heterocycles. The standard InChI is InChI=1S/C7H12N6/c1-2-9-7-5(8-1)3-6-11-10-4-13(6)12-7/h3,8-12H,1-2,4H2. The molecule has 0 spiro atoms. The summed E-state index contributed by atoms with van der Waals surface area (Å²) in [6, 6.07) is 0. The smallest absolute Gasteiger partial charge is 0.142 e. The molecule has 70 valence electrons. The number of hydrazine groups is 2. The van der Waals surface area contributed by atoms with Gasteiger partial charge in [0.15, 0.2) is 0 Å². The molecule has 6 nitrogen and oxygen atoms in total. The van der Waals surface area contributed by atoms with E-state index >= 15 is 0 Å². The maximum absolute atomic E-state index is 3.32. The zero-order valence-corrected chi connectivity index (χ0v) is 7.15. The summed E-state index contributed by atoms with van der Waals surface area (Å²) in [6.07, 6.45) is 2.08. The number of nitrogens with one attached hydrogen (secondary N) is 5. The summed E-state index contributed by atoms with van der Waals surface area (Å²) in [5, 5.41) is 8.63. The number of nitrogens with zero attached hydrogens (tertiary/aromatic N) is 1. The van der Waals surface area contributed by atoms with E-state index in [1.165, 1.54) is 0 Å². The molecule has 0 saturated carbocycles. The first-order chi connectivity index (χ1) is 6.43. The van der Waals surface area contributed by atoms with E-state index in [-0.39, 0.29) is 0 Å². The third-order valence-corrected chi connectivity index (χ3v) is 2.28. The normalized spacial score (nSPS) is 24.6. The first kappa shape index (κ1) is 6.90. The minimum atomic E-state index is 0.768. The van der Waals surface area contributed by atoms with Crippen LogP contribution in [0.15, 0.2) is 23.4 Å². The fourth-order valence-electron chi connectivity index (χ4n) is 1.64. The largest absolute Gasteiger partial charge is 0.380 e. The van der Waals surface area contributed by atoms with Gasteiger partial charge in [0, 0.05) is 19.2 Å². The van der Waals surface area contributed by atoms with Crippen molar-refractivity contribution in [2.24, 2.45) is 0 Å². The molecule has 1 fully saturated rings. The number of fused-ring (bicyclic) bond motifs is 1.